The van der Waals surface area contributed by atoms with Gasteiger partial charge in [0.2, 0.25) is 0 Å². The molecule has 94 valence electrons. The molecule has 1 atom stereocenters. The lowest BCUT2D eigenvalue weighted by Crippen LogP contribution is -2.23. The van der Waals surface area contributed by atoms with E-state index in [2.05, 4.69) is 33.3 Å². The smallest absolute Gasteiger partial charge is 0.115 e. The van der Waals surface area contributed by atoms with Crippen LogP contribution in [0.1, 0.15) is 35.5 Å². The maximum Gasteiger partial charge on any atom is 0.115 e. The molecule has 2 aromatic rings. The highest BCUT2D eigenvalue weighted by atomic mass is 14.9. The first-order chi connectivity index (χ1) is 8.72. The van der Waals surface area contributed by atoms with Crippen molar-refractivity contribution in [2.75, 3.05) is 6.54 Å². The van der Waals surface area contributed by atoms with Crippen LogP contribution in [0.3, 0.4) is 0 Å². The molecule has 2 rings (SSSR count). The fourth-order valence-corrected chi connectivity index (χ4v) is 2.07. The molecule has 0 saturated carbocycles. The van der Waals surface area contributed by atoms with E-state index in [1.54, 1.807) is 6.33 Å². The first-order valence-electron chi connectivity index (χ1n) is 6.14. The Morgan fingerprint density at radius 2 is 1.89 bits per heavy atom. The summed E-state index contributed by atoms with van der Waals surface area (Å²) in [6, 6.07) is 4.26. The fourth-order valence-electron chi connectivity index (χ4n) is 2.07. The van der Waals surface area contributed by atoms with Crippen LogP contribution < -0.4 is 5.32 Å². The summed E-state index contributed by atoms with van der Waals surface area (Å²) in [4.78, 5) is 12.7. The fraction of sp³-hybridized carbons (Fsp3) is 0.357. The average molecular weight is 242 g/mol. The molecule has 0 saturated heterocycles. The van der Waals surface area contributed by atoms with Gasteiger partial charge in [-0.25, -0.2) is 9.97 Å². The van der Waals surface area contributed by atoms with E-state index in [9.17, 15) is 0 Å². The Bertz CT molecular complexity index is 510. The second-order valence-electron chi connectivity index (χ2n) is 4.29. The van der Waals surface area contributed by atoms with Gasteiger partial charge >= 0.3 is 0 Å². The summed E-state index contributed by atoms with van der Waals surface area (Å²) in [5.74, 6) is 0. The normalized spacial score (nSPS) is 12.4. The van der Waals surface area contributed by atoms with E-state index >= 15 is 0 Å². The summed E-state index contributed by atoms with van der Waals surface area (Å²) >= 11 is 0. The molecule has 0 fully saturated rings. The molecule has 0 radical (unpaired) electrons. The molecule has 0 aliphatic rings. The standard InChI is InChI=1S/C14H18N4/c1-4-17-14(12-7-15-9-16-8-12)13-6-5-10(2)18-11(13)3/h5-9,14,17H,4H2,1-3H3. The van der Waals surface area contributed by atoms with Crippen molar-refractivity contribution in [3.8, 4) is 0 Å². The minimum absolute atomic E-state index is 0.101. The summed E-state index contributed by atoms with van der Waals surface area (Å²) in [7, 11) is 0. The third kappa shape index (κ3) is 2.71. The number of aryl methyl sites for hydroxylation is 2. The highest BCUT2D eigenvalue weighted by molar-refractivity contribution is 5.32. The highest BCUT2D eigenvalue weighted by Gasteiger charge is 2.16. The van der Waals surface area contributed by atoms with Crippen molar-refractivity contribution >= 4 is 0 Å². The molecule has 0 amide bonds. The minimum Gasteiger partial charge on any atom is -0.306 e. The lowest BCUT2D eigenvalue weighted by molar-refractivity contribution is 0.620. The third-order valence-electron chi connectivity index (χ3n) is 2.90. The molecule has 18 heavy (non-hydrogen) atoms. The van der Waals surface area contributed by atoms with Crippen LogP contribution in [-0.4, -0.2) is 21.5 Å². The van der Waals surface area contributed by atoms with E-state index < -0.39 is 0 Å². The quantitative estimate of drug-likeness (QED) is 0.893. The van der Waals surface area contributed by atoms with Crippen molar-refractivity contribution in [3.63, 3.8) is 0 Å². The van der Waals surface area contributed by atoms with Gasteiger partial charge in [0, 0.05) is 29.3 Å². The van der Waals surface area contributed by atoms with E-state index in [-0.39, 0.29) is 6.04 Å². The molecule has 0 spiro atoms. The largest absolute Gasteiger partial charge is 0.306 e. The van der Waals surface area contributed by atoms with Crippen LogP contribution in [0.25, 0.3) is 0 Å². The zero-order chi connectivity index (χ0) is 13.0. The van der Waals surface area contributed by atoms with E-state index in [0.29, 0.717) is 0 Å². The second kappa shape index (κ2) is 5.69. The molecule has 1 N–H and O–H groups in total. The molecule has 0 aliphatic heterocycles. The third-order valence-corrected chi connectivity index (χ3v) is 2.90. The molecular weight excluding hydrogens is 224 g/mol. The molecule has 0 bridgehead atoms. The minimum atomic E-state index is 0.101. The molecule has 1 unspecified atom stereocenters. The van der Waals surface area contributed by atoms with Crippen molar-refractivity contribution < 1.29 is 0 Å². The predicted molar refractivity (Wildman–Crippen MR) is 71.3 cm³/mol. The van der Waals surface area contributed by atoms with Gasteiger partial charge in [0.25, 0.3) is 0 Å². The van der Waals surface area contributed by atoms with E-state index in [1.165, 1.54) is 5.56 Å². The van der Waals surface area contributed by atoms with Gasteiger partial charge in [-0.15, -0.1) is 0 Å². The maximum absolute atomic E-state index is 4.52. The van der Waals surface area contributed by atoms with Gasteiger partial charge < -0.3 is 5.32 Å². The summed E-state index contributed by atoms with van der Waals surface area (Å²) < 4.78 is 0. The Hall–Kier alpha value is -1.81. The Kier molecular flexibility index (Phi) is 3.99. The first-order valence-corrected chi connectivity index (χ1v) is 6.14. The Labute approximate surface area is 108 Å². The number of nitrogens with zero attached hydrogens (tertiary/aromatic N) is 3. The lowest BCUT2D eigenvalue weighted by Gasteiger charge is -2.19. The number of pyridine rings is 1. The van der Waals surface area contributed by atoms with Gasteiger partial charge in [0.15, 0.2) is 0 Å². The van der Waals surface area contributed by atoms with Crippen molar-refractivity contribution in [2.45, 2.75) is 26.8 Å². The molecule has 4 nitrogen and oxygen atoms in total. The number of rotatable bonds is 4. The van der Waals surface area contributed by atoms with Crippen LogP contribution in [-0.2, 0) is 0 Å². The SMILES string of the molecule is CCNC(c1cncnc1)c1ccc(C)nc1C. The van der Waals surface area contributed by atoms with Crippen LogP contribution in [0.2, 0.25) is 0 Å². The molecular formula is C14H18N4. The van der Waals surface area contributed by atoms with Crippen LogP contribution in [0.4, 0.5) is 0 Å². The number of aromatic nitrogens is 3. The summed E-state index contributed by atoms with van der Waals surface area (Å²) in [6.45, 7) is 7.02. The zero-order valence-electron chi connectivity index (χ0n) is 11.0. The van der Waals surface area contributed by atoms with Crippen molar-refractivity contribution in [2.24, 2.45) is 0 Å². The van der Waals surface area contributed by atoms with Crippen LogP contribution in [0.15, 0.2) is 30.9 Å². The van der Waals surface area contributed by atoms with Gasteiger partial charge in [-0.1, -0.05) is 13.0 Å². The van der Waals surface area contributed by atoms with E-state index in [0.717, 1.165) is 23.5 Å². The average Bonchev–Trinajstić information content (AvgIpc) is 2.38. The molecule has 2 heterocycles. The lowest BCUT2D eigenvalue weighted by atomic mass is 9.99. The Morgan fingerprint density at radius 3 is 2.50 bits per heavy atom. The second-order valence-corrected chi connectivity index (χ2v) is 4.29. The van der Waals surface area contributed by atoms with Crippen molar-refractivity contribution in [1.82, 2.24) is 20.3 Å². The van der Waals surface area contributed by atoms with Gasteiger partial charge in [-0.05, 0) is 32.0 Å². The van der Waals surface area contributed by atoms with Gasteiger partial charge in [-0.2, -0.15) is 0 Å². The van der Waals surface area contributed by atoms with Crippen LogP contribution >= 0.6 is 0 Å². The van der Waals surface area contributed by atoms with E-state index in [4.69, 9.17) is 0 Å². The highest BCUT2D eigenvalue weighted by Crippen LogP contribution is 2.23. The van der Waals surface area contributed by atoms with E-state index in [1.807, 2.05) is 32.3 Å². The number of hydrogen-bond acceptors (Lipinski definition) is 4. The monoisotopic (exact) mass is 242 g/mol. The first kappa shape index (κ1) is 12.6. The Balaban J connectivity index is 2.41. The van der Waals surface area contributed by atoms with Crippen LogP contribution in [0, 0.1) is 13.8 Å². The number of nitrogens with one attached hydrogen (secondary N) is 1. The molecule has 2 aromatic heterocycles. The molecule has 4 heteroatoms. The summed E-state index contributed by atoms with van der Waals surface area (Å²) in [5, 5.41) is 3.46. The maximum atomic E-state index is 4.52. The topological polar surface area (TPSA) is 50.7 Å². The number of hydrogen-bond donors (Lipinski definition) is 1. The zero-order valence-corrected chi connectivity index (χ0v) is 11.0. The van der Waals surface area contributed by atoms with Crippen LogP contribution in [0.5, 0.6) is 0 Å². The van der Waals surface area contributed by atoms with Gasteiger partial charge in [-0.3, -0.25) is 4.98 Å². The van der Waals surface area contributed by atoms with Gasteiger partial charge in [0.05, 0.1) is 6.04 Å². The Morgan fingerprint density at radius 1 is 1.17 bits per heavy atom. The summed E-state index contributed by atoms with van der Waals surface area (Å²) in [5.41, 5.74) is 4.32. The van der Waals surface area contributed by atoms with Crippen molar-refractivity contribution in [1.29, 1.82) is 0 Å². The predicted octanol–water partition coefficient (Wildman–Crippen LogP) is 2.19. The van der Waals surface area contributed by atoms with Crippen molar-refractivity contribution in [3.05, 3.63) is 53.4 Å². The molecule has 0 aliphatic carbocycles. The summed E-state index contributed by atoms with van der Waals surface area (Å²) in [6.07, 6.45) is 5.24. The molecule has 0 aromatic carbocycles. The van der Waals surface area contributed by atoms with Gasteiger partial charge in [0.1, 0.15) is 6.33 Å².